The van der Waals surface area contributed by atoms with Crippen molar-refractivity contribution in [2.75, 3.05) is 6.61 Å². The van der Waals surface area contributed by atoms with E-state index in [2.05, 4.69) is 20.2 Å². The lowest BCUT2D eigenvalue weighted by atomic mass is 9.75. The van der Waals surface area contributed by atoms with Gasteiger partial charge in [-0.2, -0.15) is 23.7 Å². The van der Waals surface area contributed by atoms with Crippen LogP contribution < -0.4 is 5.73 Å². The molecule has 0 saturated heterocycles. The number of hydrogen-bond acceptors (Lipinski definition) is 8. The number of guanidine groups is 1. The molecule has 0 radical (unpaired) electrons. The smallest absolute Gasteiger partial charge is 0.335 e. The van der Waals surface area contributed by atoms with E-state index in [9.17, 15) is 22.4 Å². The van der Waals surface area contributed by atoms with Crippen LogP contribution >= 0.6 is 11.6 Å². The number of aliphatic imine (C=N–C) groups is 1. The number of amides is 1. The van der Waals surface area contributed by atoms with Gasteiger partial charge in [0.2, 0.25) is 0 Å². The molecule has 3 aliphatic rings. The molecule has 18 heteroatoms. The number of aromatic nitrogens is 5. The van der Waals surface area contributed by atoms with E-state index in [0.717, 1.165) is 31.0 Å². The molecule has 2 atom stereocenters. The number of benzene rings is 2. The van der Waals surface area contributed by atoms with E-state index in [-0.39, 0.29) is 52.8 Å². The Morgan fingerprint density at radius 2 is 1.77 bits per heavy atom. The van der Waals surface area contributed by atoms with Gasteiger partial charge < -0.3 is 10.5 Å². The lowest BCUT2D eigenvalue weighted by Crippen LogP contribution is -2.47. The van der Waals surface area contributed by atoms with Crippen LogP contribution in [0.15, 0.2) is 54.0 Å². The topological polar surface area (TPSA) is 134 Å². The van der Waals surface area contributed by atoms with Crippen LogP contribution in [0.2, 0.25) is 5.02 Å². The van der Waals surface area contributed by atoms with E-state index in [1.165, 1.54) is 36.5 Å². The van der Waals surface area contributed by atoms with Crippen molar-refractivity contribution in [3.8, 4) is 22.5 Å². The van der Waals surface area contributed by atoms with Crippen LogP contribution in [0.25, 0.3) is 22.5 Å². The minimum atomic E-state index is -3.17. The third-order valence-electron chi connectivity index (χ3n) is 10.6. The molecule has 4 aromatic rings. The summed E-state index contributed by atoms with van der Waals surface area (Å²) in [6.45, 7) is 2.26. The summed E-state index contributed by atoms with van der Waals surface area (Å²) in [6, 6.07) is 5.48. The van der Waals surface area contributed by atoms with Crippen LogP contribution in [-0.4, -0.2) is 59.8 Å². The highest BCUT2D eigenvalue weighted by molar-refractivity contribution is 6.33. The summed E-state index contributed by atoms with van der Waals surface area (Å²) in [5.41, 5.74) is 1.98. The molecule has 7 rings (SSSR count). The molecule has 2 aliphatic carbocycles. The van der Waals surface area contributed by atoms with Crippen molar-refractivity contribution in [1.82, 2.24) is 29.4 Å². The van der Waals surface area contributed by atoms with Crippen molar-refractivity contribution in [3.05, 3.63) is 76.8 Å². The number of carbonyl (C=O) groups is 2. The third-order valence-corrected chi connectivity index (χ3v) is 11.0. The average Bonchev–Trinajstić information content (AvgIpc) is 3.98. The summed E-state index contributed by atoms with van der Waals surface area (Å²) in [4.78, 5) is 37.6. The van der Waals surface area contributed by atoms with Crippen molar-refractivity contribution in [2.45, 2.75) is 96.3 Å². The highest BCUT2D eigenvalue weighted by atomic mass is 35.5. The molecule has 2 aromatic carbocycles. The van der Waals surface area contributed by atoms with E-state index >= 15 is 13.6 Å². The lowest BCUT2D eigenvalue weighted by molar-refractivity contribution is -0.153. The Hall–Kier alpha value is -4.93. The first-order valence-corrected chi connectivity index (χ1v) is 18.4. The van der Waals surface area contributed by atoms with Gasteiger partial charge in [0.15, 0.2) is 29.0 Å². The monoisotopic (exact) mass is 804 g/mol. The van der Waals surface area contributed by atoms with E-state index in [4.69, 9.17) is 22.1 Å². The molecule has 2 saturated carbocycles. The Bertz CT molecular complexity index is 2220. The molecule has 298 valence electrons. The molecule has 0 bridgehead atoms. The van der Waals surface area contributed by atoms with Gasteiger partial charge in [-0.25, -0.2) is 27.5 Å². The van der Waals surface area contributed by atoms with Gasteiger partial charge >= 0.3 is 12.5 Å². The van der Waals surface area contributed by atoms with Crippen molar-refractivity contribution in [1.29, 1.82) is 0 Å². The van der Waals surface area contributed by atoms with E-state index in [1.807, 2.05) is 0 Å². The van der Waals surface area contributed by atoms with Gasteiger partial charge in [-0.3, -0.25) is 19.2 Å². The number of carbonyl (C=O) groups excluding carboxylic acids is 2. The second-order valence-corrected chi connectivity index (χ2v) is 16.5. The summed E-state index contributed by atoms with van der Waals surface area (Å²) in [7, 11) is 0. The van der Waals surface area contributed by atoms with Crippen molar-refractivity contribution < 1.29 is 40.7 Å². The van der Waals surface area contributed by atoms with Gasteiger partial charge in [-0.1, -0.05) is 50.6 Å². The SMILES string of the molecule is CC(C)(C)C[C@]1(c2ccc(-c3cnn(C4CC4)c3)c(F)c2F)N=C(N)N([C@H](COC(=O)CC2(C(C)(F)F)CC2)c2ccc(Cl)c(-c3ncnn3C(F)F)c2)C1=O. The van der Waals surface area contributed by atoms with Crippen molar-refractivity contribution >= 4 is 29.4 Å². The standard InChI is InChI=1S/C38H39ClF6N8O3/c1-35(2,3)18-38(25-9-8-23(29(40)30(25)41)21-15-48-51(16-21)22-6-7-22)32(55)52(34(46)50-38)27(17-56-28(54)14-37(11-12-37)36(4,44)45)20-5-10-26(39)24(13-20)31-47-19-49-53(31)33(42)43/h5,8-10,13,15-16,19,22,27,33H,6-7,11-12,14,17-18H2,1-4H3,(H2,46,50)/t27-,38-/m1/s1. The molecule has 2 fully saturated rings. The van der Waals surface area contributed by atoms with Crippen LogP contribution in [0.5, 0.6) is 0 Å². The number of esters is 1. The summed E-state index contributed by atoms with van der Waals surface area (Å²) in [6.07, 6.45) is 5.22. The zero-order valence-electron chi connectivity index (χ0n) is 30.9. The third kappa shape index (κ3) is 7.13. The highest BCUT2D eigenvalue weighted by Gasteiger charge is 2.60. The molecular weight excluding hydrogens is 766 g/mol. The largest absolute Gasteiger partial charge is 0.463 e. The fraction of sp³-hybridized carbons (Fsp3) is 0.474. The van der Waals surface area contributed by atoms with Gasteiger partial charge in [0.25, 0.3) is 11.8 Å². The zero-order valence-corrected chi connectivity index (χ0v) is 31.6. The molecule has 2 N–H and O–H groups in total. The Labute approximate surface area is 322 Å². The number of nitrogens with two attached hydrogens (primary N) is 1. The molecule has 0 spiro atoms. The number of hydrogen-bond donors (Lipinski definition) is 1. The molecule has 2 aromatic heterocycles. The maximum Gasteiger partial charge on any atom is 0.335 e. The second kappa shape index (κ2) is 13.9. The second-order valence-electron chi connectivity index (χ2n) is 16.1. The van der Waals surface area contributed by atoms with E-state index in [1.54, 1.807) is 31.6 Å². The average molecular weight is 805 g/mol. The molecule has 1 aliphatic heterocycles. The number of halogens is 7. The maximum absolute atomic E-state index is 16.5. The Morgan fingerprint density at radius 1 is 1.05 bits per heavy atom. The lowest BCUT2D eigenvalue weighted by Gasteiger charge is -2.35. The van der Waals surface area contributed by atoms with E-state index in [0.29, 0.717) is 10.2 Å². The quantitative estimate of drug-likeness (QED) is 0.106. The summed E-state index contributed by atoms with van der Waals surface area (Å²) in [5.74, 6) is -8.43. The Kier molecular flexibility index (Phi) is 9.77. The Morgan fingerprint density at radius 3 is 2.39 bits per heavy atom. The number of nitrogens with zero attached hydrogens (tertiary/aromatic N) is 7. The maximum atomic E-state index is 16.5. The van der Waals surface area contributed by atoms with Crippen molar-refractivity contribution in [3.63, 3.8) is 0 Å². The summed E-state index contributed by atoms with van der Waals surface area (Å²) >= 11 is 6.45. The van der Waals surface area contributed by atoms with Crippen LogP contribution in [0.1, 0.15) is 96.0 Å². The first-order valence-electron chi connectivity index (χ1n) is 18.0. The molecular formula is C38H39ClF6N8O3. The molecule has 1 amide bonds. The van der Waals surface area contributed by atoms with Crippen LogP contribution in [0, 0.1) is 22.5 Å². The van der Waals surface area contributed by atoms with Gasteiger partial charge in [-0.15, -0.1) is 0 Å². The normalized spacial score (nSPS) is 20.1. The first kappa shape index (κ1) is 39.3. The highest BCUT2D eigenvalue weighted by Crippen LogP contribution is 2.59. The fourth-order valence-electron chi connectivity index (χ4n) is 7.41. The van der Waals surface area contributed by atoms with Gasteiger partial charge in [0.1, 0.15) is 12.9 Å². The number of alkyl halides is 4. The van der Waals surface area contributed by atoms with Crippen LogP contribution in [0.4, 0.5) is 26.3 Å². The van der Waals surface area contributed by atoms with Gasteiger partial charge in [0, 0.05) is 33.9 Å². The minimum absolute atomic E-state index is 0.0305. The molecule has 56 heavy (non-hydrogen) atoms. The molecule has 3 heterocycles. The molecule has 11 nitrogen and oxygen atoms in total. The van der Waals surface area contributed by atoms with Crippen LogP contribution in [-0.2, 0) is 19.9 Å². The summed E-state index contributed by atoms with van der Waals surface area (Å²) in [5, 5.41) is 7.80. The summed E-state index contributed by atoms with van der Waals surface area (Å²) < 4.78 is 96.8. The number of rotatable bonds is 13. The number of ether oxygens (including phenoxy) is 1. The van der Waals surface area contributed by atoms with Gasteiger partial charge in [-0.05, 0) is 62.1 Å². The Balaban J connectivity index is 1.30. The van der Waals surface area contributed by atoms with Crippen molar-refractivity contribution in [2.24, 2.45) is 21.6 Å². The fourth-order valence-corrected chi connectivity index (χ4v) is 7.61. The molecule has 0 unspecified atom stereocenters. The zero-order chi connectivity index (χ0) is 40.5. The predicted molar refractivity (Wildman–Crippen MR) is 192 cm³/mol. The predicted octanol–water partition coefficient (Wildman–Crippen LogP) is 8.37. The van der Waals surface area contributed by atoms with E-state index < -0.39 is 82.9 Å². The first-order chi connectivity index (χ1) is 26.2. The minimum Gasteiger partial charge on any atom is -0.463 e. The van der Waals surface area contributed by atoms with Crippen LogP contribution in [0.3, 0.4) is 0 Å². The van der Waals surface area contributed by atoms with Gasteiger partial charge in [0.05, 0.1) is 29.7 Å².